The highest BCUT2D eigenvalue weighted by Gasteiger charge is 2.18. The molecule has 0 bridgehead atoms. The number of aliphatic hydroxyl groups is 2. The molecule has 488 valence electrons. The van der Waals surface area contributed by atoms with Gasteiger partial charge in [-0.2, -0.15) is 0 Å². The minimum absolute atomic E-state index is 0.0211. The molecule has 0 aromatic carbocycles. The van der Waals surface area contributed by atoms with Gasteiger partial charge in [0.25, 0.3) is 0 Å². The molecule has 0 saturated heterocycles. The number of allylic oxidation sites excluding steroid dienone is 1. The maximum atomic E-state index is 12.5. The SMILES string of the molecule is CCCCCCCCCCCCCCCCCCCCCCCC/C=C/C(O)C(CO)NC(=O)CCCCCCCCCCCCCCCCCCCCCCCCCCCCOC(=O)CCCCCCCCCCCCCCCCC. The number of esters is 1. The fourth-order valence-electron chi connectivity index (χ4n) is 12.3. The molecule has 0 rings (SSSR count). The minimum Gasteiger partial charge on any atom is -0.466 e. The third-order valence-corrected chi connectivity index (χ3v) is 18.1. The Morgan fingerprint density at radius 3 is 0.829 bits per heavy atom. The summed E-state index contributed by atoms with van der Waals surface area (Å²) in [4.78, 5) is 24.6. The fourth-order valence-corrected chi connectivity index (χ4v) is 12.3. The largest absolute Gasteiger partial charge is 0.466 e. The van der Waals surface area contributed by atoms with E-state index in [-0.39, 0.29) is 18.5 Å². The summed E-state index contributed by atoms with van der Waals surface area (Å²) in [7, 11) is 0. The van der Waals surface area contributed by atoms with Crippen molar-refractivity contribution in [3.63, 3.8) is 0 Å². The molecule has 0 fully saturated rings. The molecule has 1 amide bonds. The van der Waals surface area contributed by atoms with E-state index in [1.54, 1.807) is 6.08 Å². The van der Waals surface area contributed by atoms with Gasteiger partial charge in [0, 0.05) is 12.8 Å². The van der Waals surface area contributed by atoms with Crippen molar-refractivity contribution in [2.24, 2.45) is 0 Å². The Balaban J connectivity index is 3.37. The zero-order valence-corrected chi connectivity index (χ0v) is 56.0. The number of amides is 1. The third kappa shape index (κ3) is 67.7. The molecule has 6 heteroatoms. The van der Waals surface area contributed by atoms with Crippen molar-refractivity contribution < 1.29 is 24.5 Å². The summed E-state index contributed by atoms with van der Waals surface area (Å²) in [5.41, 5.74) is 0. The summed E-state index contributed by atoms with van der Waals surface area (Å²) in [6, 6.07) is -0.627. The van der Waals surface area contributed by atoms with Crippen molar-refractivity contribution in [1.82, 2.24) is 5.32 Å². The van der Waals surface area contributed by atoms with Gasteiger partial charge in [-0.25, -0.2) is 0 Å². The zero-order chi connectivity index (χ0) is 59.2. The lowest BCUT2D eigenvalue weighted by atomic mass is 10.0. The number of unbranched alkanes of at least 4 members (excludes halogenated alkanes) is 61. The maximum absolute atomic E-state index is 12.5. The van der Waals surface area contributed by atoms with E-state index in [0.29, 0.717) is 19.4 Å². The van der Waals surface area contributed by atoms with Gasteiger partial charge in [0.1, 0.15) is 0 Å². The molecular formula is C76H149NO5. The van der Waals surface area contributed by atoms with E-state index >= 15 is 0 Å². The number of hydrogen-bond donors (Lipinski definition) is 3. The van der Waals surface area contributed by atoms with Crippen molar-refractivity contribution in [2.45, 2.75) is 450 Å². The molecule has 3 N–H and O–H groups in total. The van der Waals surface area contributed by atoms with E-state index in [0.717, 1.165) is 38.5 Å². The average Bonchev–Trinajstić information content (AvgIpc) is 3.48. The van der Waals surface area contributed by atoms with Crippen molar-refractivity contribution >= 4 is 11.9 Å². The number of hydrogen-bond acceptors (Lipinski definition) is 5. The molecule has 0 aliphatic carbocycles. The lowest BCUT2D eigenvalue weighted by molar-refractivity contribution is -0.143. The minimum atomic E-state index is -0.844. The second-order valence-corrected chi connectivity index (χ2v) is 26.4. The van der Waals surface area contributed by atoms with Gasteiger partial charge in [0.15, 0.2) is 0 Å². The van der Waals surface area contributed by atoms with Crippen molar-refractivity contribution in [3.8, 4) is 0 Å². The quantitative estimate of drug-likeness (QED) is 0.0320. The van der Waals surface area contributed by atoms with Crippen LogP contribution in [0.3, 0.4) is 0 Å². The van der Waals surface area contributed by atoms with Crippen LogP contribution in [-0.2, 0) is 14.3 Å². The summed E-state index contributed by atoms with van der Waals surface area (Å²) in [6.07, 6.45) is 90.3. The monoisotopic (exact) mass is 1160 g/mol. The van der Waals surface area contributed by atoms with E-state index in [4.69, 9.17) is 4.74 Å². The second kappa shape index (κ2) is 72.1. The first-order valence-corrected chi connectivity index (χ1v) is 38.0. The Kier molecular flexibility index (Phi) is 70.8. The van der Waals surface area contributed by atoms with E-state index < -0.39 is 12.1 Å². The van der Waals surface area contributed by atoms with Crippen molar-refractivity contribution in [2.75, 3.05) is 13.2 Å². The molecule has 6 nitrogen and oxygen atoms in total. The van der Waals surface area contributed by atoms with Gasteiger partial charge in [-0.1, -0.05) is 405 Å². The summed E-state index contributed by atoms with van der Waals surface area (Å²) >= 11 is 0. The maximum Gasteiger partial charge on any atom is 0.305 e. The Bertz CT molecular complexity index is 1240. The van der Waals surface area contributed by atoms with Gasteiger partial charge in [0.05, 0.1) is 25.4 Å². The topological polar surface area (TPSA) is 95.9 Å². The standard InChI is InChI=1S/C76H149NO5/c1-3-5-7-9-11-13-15-17-19-20-21-22-23-28-31-34-37-41-44-48-52-56-60-64-68-74(79)73(72-78)77-75(80)69-65-61-57-53-49-45-42-38-35-32-29-26-24-25-27-30-33-36-39-43-47-51-55-59-63-67-71-82-76(81)70-66-62-58-54-50-46-40-18-16-14-12-10-8-6-4-2/h64,68,73-74,78-79H,3-63,65-67,69-72H2,1-2H3,(H,77,80)/b68-64+. The van der Waals surface area contributed by atoms with Crippen molar-refractivity contribution in [1.29, 1.82) is 0 Å². The first-order chi connectivity index (χ1) is 40.5. The lowest BCUT2D eigenvalue weighted by Crippen LogP contribution is -2.45. The van der Waals surface area contributed by atoms with Crippen LogP contribution in [0.4, 0.5) is 0 Å². The molecule has 0 aromatic heterocycles. The molecule has 0 radical (unpaired) electrons. The Hall–Kier alpha value is -1.40. The summed E-state index contributed by atoms with van der Waals surface area (Å²) in [6.45, 7) is 4.96. The number of carbonyl (C=O) groups is 2. The van der Waals surface area contributed by atoms with E-state index in [2.05, 4.69) is 19.2 Å². The van der Waals surface area contributed by atoms with E-state index in [9.17, 15) is 19.8 Å². The van der Waals surface area contributed by atoms with Gasteiger partial charge >= 0.3 is 5.97 Å². The first-order valence-electron chi connectivity index (χ1n) is 38.0. The van der Waals surface area contributed by atoms with Gasteiger partial charge in [-0.3, -0.25) is 9.59 Å². The molecule has 0 spiro atoms. The van der Waals surface area contributed by atoms with Crippen LogP contribution in [0.25, 0.3) is 0 Å². The van der Waals surface area contributed by atoms with Crippen molar-refractivity contribution in [3.05, 3.63) is 12.2 Å². The Labute approximate surface area is 514 Å². The number of carbonyl (C=O) groups excluding carboxylic acids is 2. The molecular weight excluding hydrogens is 1010 g/mol. The predicted octanol–water partition coefficient (Wildman–Crippen LogP) is 24.7. The molecule has 2 atom stereocenters. The molecule has 82 heavy (non-hydrogen) atoms. The van der Waals surface area contributed by atoms with Crippen LogP contribution in [0, 0.1) is 0 Å². The molecule has 0 heterocycles. The predicted molar refractivity (Wildman–Crippen MR) is 361 cm³/mol. The summed E-state index contributed by atoms with van der Waals surface area (Å²) in [5.74, 6) is -0.0391. The normalized spacial score (nSPS) is 12.5. The van der Waals surface area contributed by atoms with Crippen LogP contribution < -0.4 is 5.32 Å². The Morgan fingerprint density at radius 2 is 0.561 bits per heavy atom. The van der Waals surface area contributed by atoms with Crippen LogP contribution in [0.15, 0.2) is 12.2 Å². The molecule has 0 aromatic rings. The molecule has 0 saturated carbocycles. The number of aliphatic hydroxyl groups excluding tert-OH is 2. The van der Waals surface area contributed by atoms with Crippen LogP contribution in [-0.4, -0.2) is 47.4 Å². The highest BCUT2D eigenvalue weighted by molar-refractivity contribution is 5.76. The number of rotatable bonds is 72. The zero-order valence-electron chi connectivity index (χ0n) is 56.0. The van der Waals surface area contributed by atoms with Gasteiger partial charge in [0.2, 0.25) is 5.91 Å². The van der Waals surface area contributed by atoms with Crippen LogP contribution >= 0.6 is 0 Å². The average molecular weight is 1160 g/mol. The van der Waals surface area contributed by atoms with Crippen LogP contribution in [0.2, 0.25) is 0 Å². The second-order valence-electron chi connectivity index (χ2n) is 26.4. The summed E-state index contributed by atoms with van der Waals surface area (Å²) < 4.78 is 5.50. The number of nitrogens with one attached hydrogen (secondary N) is 1. The smallest absolute Gasteiger partial charge is 0.305 e. The summed E-state index contributed by atoms with van der Waals surface area (Å²) in [5, 5.41) is 23.3. The lowest BCUT2D eigenvalue weighted by Gasteiger charge is -2.20. The fraction of sp³-hybridized carbons (Fsp3) is 0.947. The van der Waals surface area contributed by atoms with Gasteiger partial charge < -0.3 is 20.3 Å². The molecule has 0 aliphatic rings. The van der Waals surface area contributed by atoms with Crippen LogP contribution in [0.1, 0.15) is 438 Å². The van der Waals surface area contributed by atoms with Crippen LogP contribution in [0.5, 0.6) is 0 Å². The molecule has 0 aliphatic heterocycles. The van der Waals surface area contributed by atoms with Gasteiger partial charge in [-0.05, 0) is 32.1 Å². The van der Waals surface area contributed by atoms with Gasteiger partial charge in [-0.15, -0.1) is 0 Å². The highest BCUT2D eigenvalue weighted by atomic mass is 16.5. The Morgan fingerprint density at radius 1 is 0.329 bits per heavy atom. The van der Waals surface area contributed by atoms with E-state index in [1.807, 2.05) is 6.08 Å². The highest BCUT2D eigenvalue weighted by Crippen LogP contribution is 2.20. The number of ether oxygens (including phenoxy) is 1. The van der Waals surface area contributed by atoms with E-state index in [1.165, 1.54) is 372 Å². The third-order valence-electron chi connectivity index (χ3n) is 18.1. The molecule has 2 unspecified atom stereocenters. The first kappa shape index (κ1) is 80.6.